The standard InChI is InChI=1S/C9H12N2OS/c1-4-8(13-5-10)9-6(2)11-12-7(9)3/h8H,4H2,1-3H3/t8-/m0/s1. The molecular weight excluding hydrogens is 184 g/mol. The first kappa shape index (κ1) is 10.1. The highest BCUT2D eigenvalue weighted by atomic mass is 32.2. The summed E-state index contributed by atoms with van der Waals surface area (Å²) in [6.07, 6.45) is 0.918. The molecule has 0 amide bonds. The van der Waals surface area contributed by atoms with E-state index in [1.54, 1.807) is 0 Å². The summed E-state index contributed by atoms with van der Waals surface area (Å²) < 4.78 is 5.05. The van der Waals surface area contributed by atoms with Crippen LogP contribution >= 0.6 is 11.8 Å². The number of aromatic nitrogens is 1. The van der Waals surface area contributed by atoms with Crippen LogP contribution in [-0.2, 0) is 0 Å². The molecule has 1 aromatic heterocycles. The van der Waals surface area contributed by atoms with Crippen LogP contribution in [0.25, 0.3) is 0 Å². The Balaban J connectivity index is 2.97. The number of rotatable bonds is 3. The van der Waals surface area contributed by atoms with E-state index in [-0.39, 0.29) is 5.25 Å². The van der Waals surface area contributed by atoms with Gasteiger partial charge in [0.2, 0.25) is 0 Å². The molecule has 0 spiro atoms. The molecule has 1 heterocycles. The number of thioether (sulfide) groups is 1. The topological polar surface area (TPSA) is 49.8 Å². The van der Waals surface area contributed by atoms with Crippen molar-refractivity contribution in [3.8, 4) is 5.40 Å². The van der Waals surface area contributed by atoms with Crippen molar-refractivity contribution in [2.45, 2.75) is 32.4 Å². The molecule has 0 saturated heterocycles. The third kappa shape index (κ3) is 2.04. The quantitative estimate of drug-likeness (QED) is 0.697. The number of aryl methyl sites for hydroxylation is 2. The second kappa shape index (κ2) is 4.33. The molecule has 4 heteroatoms. The van der Waals surface area contributed by atoms with Gasteiger partial charge in [-0.3, -0.25) is 0 Å². The van der Waals surface area contributed by atoms with Crippen LogP contribution in [0, 0.1) is 24.5 Å². The van der Waals surface area contributed by atoms with Gasteiger partial charge in [0.1, 0.15) is 11.2 Å². The summed E-state index contributed by atoms with van der Waals surface area (Å²) in [7, 11) is 0. The lowest BCUT2D eigenvalue weighted by molar-refractivity contribution is 0.392. The predicted octanol–water partition coefficient (Wildman–Crippen LogP) is 2.96. The maximum absolute atomic E-state index is 8.61. The van der Waals surface area contributed by atoms with Crippen LogP contribution in [-0.4, -0.2) is 5.16 Å². The molecule has 3 nitrogen and oxygen atoms in total. The van der Waals surface area contributed by atoms with Gasteiger partial charge in [-0.1, -0.05) is 12.1 Å². The van der Waals surface area contributed by atoms with Crippen LogP contribution < -0.4 is 0 Å². The monoisotopic (exact) mass is 196 g/mol. The molecule has 0 fully saturated rings. The van der Waals surface area contributed by atoms with Crippen LogP contribution in [0.4, 0.5) is 0 Å². The van der Waals surface area contributed by atoms with Crippen LogP contribution in [0.15, 0.2) is 4.52 Å². The lowest BCUT2D eigenvalue weighted by Gasteiger charge is -2.08. The van der Waals surface area contributed by atoms with E-state index < -0.39 is 0 Å². The second-order valence-corrected chi connectivity index (χ2v) is 3.83. The Labute approximate surface area is 82.1 Å². The average molecular weight is 196 g/mol. The first-order chi connectivity index (χ1) is 6.20. The molecule has 0 aromatic carbocycles. The molecular formula is C9H12N2OS. The first-order valence-electron chi connectivity index (χ1n) is 4.18. The van der Waals surface area contributed by atoms with E-state index in [0.29, 0.717) is 0 Å². The van der Waals surface area contributed by atoms with Crippen molar-refractivity contribution in [2.75, 3.05) is 0 Å². The second-order valence-electron chi connectivity index (χ2n) is 2.84. The van der Waals surface area contributed by atoms with E-state index in [9.17, 15) is 0 Å². The van der Waals surface area contributed by atoms with Gasteiger partial charge in [-0.15, -0.1) is 0 Å². The van der Waals surface area contributed by atoms with Gasteiger partial charge in [0.15, 0.2) is 0 Å². The molecule has 0 saturated carbocycles. The van der Waals surface area contributed by atoms with Crippen molar-refractivity contribution in [1.29, 1.82) is 5.26 Å². The zero-order chi connectivity index (χ0) is 9.84. The number of nitriles is 1. The molecule has 1 atom stereocenters. The highest BCUT2D eigenvalue weighted by molar-refractivity contribution is 8.03. The zero-order valence-corrected chi connectivity index (χ0v) is 8.81. The summed E-state index contributed by atoms with van der Waals surface area (Å²) in [5, 5.41) is 14.8. The summed E-state index contributed by atoms with van der Waals surface area (Å²) in [5.41, 5.74) is 1.97. The van der Waals surface area contributed by atoms with E-state index in [1.165, 1.54) is 11.8 Å². The fraction of sp³-hybridized carbons (Fsp3) is 0.556. The van der Waals surface area contributed by atoms with Crippen LogP contribution in [0.5, 0.6) is 0 Å². The normalized spacial score (nSPS) is 12.5. The van der Waals surface area contributed by atoms with Crippen LogP contribution in [0.1, 0.15) is 35.6 Å². The van der Waals surface area contributed by atoms with Gasteiger partial charge in [-0.2, -0.15) is 5.26 Å². The fourth-order valence-electron chi connectivity index (χ4n) is 1.36. The van der Waals surface area contributed by atoms with Gasteiger partial charge < -0.3 is 4.52 Å². The number of thiocyanates is 1. The summed E-state index contributed by atoms with van der Waals surface area (Å²) in [4.78, 5) is 0. The van der Waals surface area contributed by atoms with Crippen molar-refractivity contribution in [3.63, 3.8) is 0 Å². The molecule has 1 aromatic rings. The van der Waals surface area contributed by atoms with E-state index in [0.717, 1.165) is 23.4 Å². The minimum atomic E-state index is 0.191. The van der Waals surface area contributed by atoms with Crippen LogP contribution in [0.3, 0.4) is 0 Å². The Bertz CT molecular complexity index is 307. The molecule has 0 aliphatic carbocycles. The molecule has 0 radical (unpaired) electrons. The van der Waals surface area contributed by atoms with Gasteiger partial charge in [-0.25, -0.2) is 0 Å². The maximum Gasteiger partial charge on any atom is 0.138 e. The molecule has 70 valence electrons. The molecule has 0 aliphatic rings. The number of hydrogen-bond donors (Lipinski definition) is 0. The maximum atomic E-state index is 8.61. The van der Waals surface area contributed by atoms with Gasteiger partial charge in [0.25, 0.3) is 0 Å². The number of nitrogens with zero attached hydrogens (tertiary/aromatic N) is 2. The van der Waals surface area contributed by atoms with Crippen molar-refractivity contribution >= 4 is 11.8 Å². The van der Waals surface area contributed by atoms with E-state index in [2.05, 4.69) is 17.5 Å². The first-order valence-corrected chi connectivity index (χ1v) is 5.06. The fourth-order valence-corrected chi connectivity index (χ4v) is 2.11. The van der Waals surface area contributed by atoms with E-state index >= 15 is 0 Å². The molecule has 0 aliphatic heterocycles. The lowest BCUT2D eigenvalue weighted by Crippen LogP contribution is -1.94. The van der Waals surface area contributed by atoms with E-state index in [1.807, 2.05) is 13.8 Å². The summed E-state index contributed by atoms with van der Waals surface area (Å²) >= 11 is 1.27. The minimum absolute atomic E-state index is 0.191. The Kier molecular flexibility index (Phi) is 3.38. The largest absolute Gasteiger partial charge is 0.361 e. The molecule has 0 bridgehead atoms. The van der Waals surface area contributed by atoms with Crippen molar-refractivity contribution in [3.05, 3.63) is 17.0 Å². The zero-order valence-electron chi connectivity index (χ0n) is 8.00. The predicted molar refractivity (Wildman–Crippen MR) is 52.2 cm³/mol. The van der Waals surface area contributed by atoms with Gasteiger partial charge in [0.05, 0.1) is 5.69 Å². The van der Waals surface area contributed by atoms with Crippen molar-refractivity contribution < 1.29 is 4.52 Å². The third-order valence-electron chi connectivity index (χ3n) is 1.98. The highest BCUT2D eigenvalue weighted by Crippen LogP contribution is 2.34. The summed E-state index contributed by atoms with van der Waals surface area (Å²) in [6, 6.07) is 0. The summed E-state index contributed by atoms with van der Waals surface area (Å²) in [6.45, 7) is 5.85. The Morgan fingerprint density at radius 1 is 1.62 bits per heavy atom. The Hall–Kier alpha value is -0.950. The van der Waals surface area contributed by atoms with Gasteiger partial charge in [0, 0.05) is 10.8 Å². The smallest absolute Gasteiger partial charge is 0.138 e. The van der Waals surface area contributed by atoms with Gasteiger partial charge in [-0.05, 0) is 32.0 Å². The Morgan fingerprint density at radius 3 is 2.69 bits per heavy atom. The minimum Gasteiger partial charge on any atom is -0.361 e. The number of hydrogen-bond acceptors (Lipinski definition) is 4. The van der Waals surface area contributed by atoms with Crippen molar-refractivity contribution in [1.82, 2.24) is 5.16 Å². The van der Waals surface area contributed by atoms with Gasteiger partial charge >= 0.3 is 0 Å². The molecule has 0 N–H and O–H groups in total. The SMILES string of the molecule is CC[C@H](SC#N)c1c(C)noc1C. The molecule has 0 unspecified atom stereocenters. The van der Waals surface area contributed by atoms with Crippen LogP contribution in [0.2, 0.25) is 0 Å². The molecule has 13 heavy (non-hydrogen) atoms. The highest BCUT2D eigenvalue weighted by Gasteiger charge is 2.19. The van der Waals surface area contributed by atoms with Crippen molar-refractivity contribution in [2.24, 2.45) is 0 Å². The molecule has 1 rings (SSSR count). The Morgan fingerprint density at radius 2 is 2.31 bits per heavy atom. The lowest BCUT2D eigenvalue weighted by atomic mass is 10.1. The third-order valence-corrected chi connectivity index (χ3v) is 2.94. The van der Waals surface area contributed by atoms with E-state index in [4.69, 9.17) is 9.78 Å². The summed E-state index contributed by atoms with van der Waals surface area (Å²) in [5.74, 6) is 0.826. The average Bonchev–Trinajstić information content (AvgIpc) is 2.43.